The SMILES string of the molecule is COc1ccc(Cl)cc1N1CC(C(=O)NCC2(C(=O)O)CC2)CC1=O. The number of ether oxygens (including phenoxy) is 1. The third-order valence-corrected chi connectivity index (χ3v) is 5.07. The molecule has 1 saturated carbocycles. The maximum atomic E-state index is 12.3. The van der Waals surface area contributed by atoms with Crippen LogP contribution in [0.2, 0.25) is 5.02 Å². The molecule has 2 fully saturated rings. The van der Waals surface area contributed by atoms with E-state index < -0.39 is 17.3 Å². The van der Waals surface area contributed by atoms with E-state index in [2.05, 4.69) is 5.32 Å². The maximum absolute atomic E-state index is 12.3. The van der Waals surface area contributed by atoms with Crippen molar-refractivity contribution in [3.63, 3.8) is 0 Å². The predicted molar refractivity (Wildman–Crippen MR) is 90.8 cm³/mol. The van der Waals surface area contributed by atoms with Gasteiger partial charge in [-0.25, -0.2) is 0 Å². The minimum Gasteiger partial charge on any atom is -0.495 e. The number of carbonyl (C=O) groups is 3. The Labute approximate surface area is 149 Å². The molecule has 1 atom stereocenters. The number of rotatable bonds is 6. The number of hydrogen-bond donors (Lipinski definition) is 2. The molecule has 0 spiro atoms. The van der Waals surface area contributed by atoms with Crippen LogP contribution in [0.5, 0.6) is 5.75 Å². The second-order valence-corrected chi connectivity index (χ2v) is 6.96. The van der Waals surface area contributed by atoms with E-state index in [4.69, 9.17) is 21.4 Å². The summed E-state index contributed by atoms with van der Waals surface area (Å²) in [5.41, 5.74) is -0.298. The zero-order valence-corrected chi connectivity index (χ0v) is 14.5. The Hall–Kier alpha value is -2.28. The molecule has 1 aromatic carbocycles. The van der Waals surface area contributed by atoms with E-state index in [9.17, 15) is 14.4 Å². The van der Waals surface area contributed by atoms with E-state index in [-0.39, 0.29) is 31.3 Å². The highest BCUT2D eigenvalue weighted by atomic mass is 35.5. The smallest absolute Gasteiger partial charge is 0.311 e. The largest absolute Gasteiger partial charge is 0.495 e. The van der Waals surface area contributed by atoms with Crippen molar-refractivity contribution >= 4 is 35.1 Å². The molecule has 0 radical (unpaired) electrons. The summed E-state index contributed by atoms with van der Waals surface area (Å²) >= 11 is 6.01. The molecule has 1 aromatic rings. The molecule has 2 aliphatic rings. The Bertz CT molecular complexity index is 732. The monoisotopic (exact) mass is 366 g/mol. The van der Waals surface area contributed by atoms with Gasteiger partial charge in [-0.2, -0.15) is 0 Å². The summed E-state index contributed by atoms with van der Waals surface area (Å²) in [4.78, 5) is 37.3. The number of anilines is 1. The number of hydrogen-bond acceptors (Lipinski definition) is 4. The maximum Gasteiger partial charge on any atom is 0.311 e. The van der Waals surface area contributed by atoms with Crippen LogP contribution in [-0.2, 0) is 14.4 Å². The number of carboxylic acid groups (broad SMARTS) is 1. The number of nitrogens with zero attached hydrogens (tertiary/aromatic N) is 1. The van der Waals surface area contributed by atoms with Gasteiger partial charge in [-0.1, -0.05) is 11.6 Å². The highest BCUT2D eigenvalue weighted by molar-refractivity contribution is 6.31. The standard InChI is InChI=1S/C17H19ClN2O5/c1-25-13-3-2-11(18)7-12(13)20-8-10(6-14(20)21)15(22)19-9-17(4-5-17)16(23)24/h2-3,7,10H,4-6,8-9H2,1H3,(H,19,22)(H,23,24). The lowest BCUT2D eigenvalue weighted by Crippen LogP contribution is -2.38. The Kier molecular flexibility index (Phi) is 4.60. The first-order valence-corrected chi connectivity index (χ1v) is 8.39. The van der Waals surface area contributed by atoms with Gasteiger partial charge in [0.25, 0.3) is 0 Å². The molecular weight excluding hydrogens is 348 g/mol. The molecule has 25 heavy (non-hydrogen) atoms. The normalized spacial score (nSPS) is 21.1. The highest BCUT2D eigenvalue weighted by Gasteiger charge is 2.50. The van der Waals surface area contributed by atoms with Crippen LogP contribution in [0.15, 0.2) is 18.2 Å². The van der Waals surface area contributed by atoms with Crippen LogP contribution >= 0.6 is 11.6 Å². The van der Waals surface area contributed by atoms with Gasteiger partial charge in [0.2, 0.25) is 11.8 Å². The highest BCUT2D eigenvalue weighted by Crippen LogP contribution is 2.45. The zero-order valence-electron chi connectivity index (χ0n) is 13.8. The fraction of sp³-hybridized carbons (Fsp3) is 0.471. The van der Waals surface area contributed by atoms with Gasteiger partial charge in [-0.05, 0) is 31.0 Å². The van der Waals surface area contributed by atoms with Crippen molar-refractivity contribution in [1.82, 2.24) is 5.32 Å². The number of carboxylic acids is 1. The van der Waals surface area contributed by atoms with Crippen molar-refractivity contribution in [2.75, 3.05) is 25.1 Å². The molecule has 8 heteroatoms. The summed E-state index contributed by atoms with van der Waals surface area (Å²) in [7, 11) is 1.50. The molecule has 3 rings (SSSR count). The molecule has 1 aliphatic carbocycles. The number of carbonyl (C=O) groups excluding carboxylic acids is 2. The Balaban J connectivity index is 1.67. The summed E-state index contributed by atoms with van der Waals surface area (Å²) in [6.45, 7) is 0.313. The lowest BCUT2D eigenvalue weighted by Gasteiger charge is -2.20. The minimum absolute atomic E-state index is 0.0710. The summed E-state index contributed by atoms with van der Waals surface area (Å²) in [5.74, 6) is -1.41. The van der Waals surface area contributed by atoms with Gasteiger partial charge >= 0.3 is 5.97 Å². The van der Waals surface area contributed by atoms with Crippen molar-refractivity contribution in [3.05, 3.63) is 23.2 Å². The van der Waals surface area contributed by atoms with Crippen LogP contribution in [0.25, 0.3) is 0 Å². The second-order valence-electron chi connectivity index (χ2n) is 6.52. The number of aliphatic carboxylic acids is 1. The lowest BCUT2D eigenvalue weighted by atomic mass is 10.1. The number of nitrogens with one attached hydrogen (secondary N) is 1. The van der Waals surface area contributed by atoms with E-state index in [1.807, 2.05) is 0 Å². The van der Waals surface area contributed by atoms with E-state index in [1.165, 1.54) is 12.0 Å². The van der Waals surface area contributed by atoms with E-state index in [0.29, 0.717) is 29.3 Å². The predicted octanol–water partition coefficient (Wildman–Crippen LogP) is 1.68. The summed E-state index contributed by atoms with van der Waals surface area (Å²) < 4.78 is 5.27. The van der Waals surface area contributed by atoms with Gasteiger partial charge < -0.3 is 20.1 Å². The number of methoxy groups -OCH3 is 1. The lowest BCUT2D eigenvalue weighted by molar-refractivity contribution is -0.143. The molecule has 0 bridgehead atoms. The first-order chi connectivity index (χ1) is 11.9. The zero-order chi connectivity index (χ0) is 18.2. The van der Waals surface area contributed by atoms with Crippen LogP contribution in [0.3, 0.4) is 0 Å². The third-order valence-electron chi connectivity index (χ3n) is 4.84. The third kappa shape index (κ3) is 3.42. The second kappa shape index (κ2) is 6.55. The minimum atomic E-state index is -0.888. The molecule has 1 aliphatic heterocycles. The van der Waals surface area contributed by atoms with Crippen LogP contribution < -0.4 is 15.0 Å². The van der Waals surface area contributed by atoms with Crippen LogP contribution in [0, 0.1) is 11.3 Å². The van der Waals surface area contributed by atoms with Gasteiger partial charge in [0.15, 0.2) is 0 Å². The number of halogens is 1. The van der Waals surface area contributed by atoms with Crippen molar-refractivity contribution in [2.24, 2.45) is 11.3 Å². The average molecular weight is 367 g/mol. The summed E-state index contributed by atoms with van der Waals surface area (Å²) in [5, 5.41) is 12.3. The van der Waals surface area contributed by atoms with Crippen LogP contribution in [0.4, 0.5) is 5.69 Å². The molecule has 1 unspecified atom stereocenters. The van der Waals surface area contributed by atoms with Crippen molar-refractivity contribution < 1.29 is 24.2 Å². The van der Waals surface area contributed by atoms with E-state index in [1.54, 1.807) is 18.2 Å². The Morgan fingerprint density at radius 2 is 2.16 bits per heavy atom. The van der Waals surface area contributed by atoms with Gasteiger partial charge in [0.05, 0.1) is 24.1 Å². The summed E-state index contributed by atoms with van der Waals surface area (Å²) in [6, 6.07) is 4.96. The molecule has 2 N–H and O–H groups in total. The fourth-order valence-corrected chi connectivity index (χ4v) is 3.17. The number of amides is 2. The molecule has 7 nitrogen and oxygen atoms in total. The molecule has 134 valence electrons. The first kappa shape index (κ1) is 17.5. The van der Waals surface area contributed by atoms with Crippen LogP contribution in [0.1, 0.15) is 19.3 Å². The molecule has 1 saturated heterocycles. The quantitative estimate of drug-likeness (QED) is 0.798. The molecule has 0 aromatic heterocycles. The Morgan fingerprint density at radius 1 is 1.44 bits per heavy atom. The fourth-order valence-electron chi connectivity index (χ4n) is 3.01. The van der Waals surface area contributed by atoms with Gasteiger partial charge in [-0.3, -0.25) is 14.4 Å². The van der Waals surface area contributed by atoms with E-state index >= 15 is 0 Å². The van der Waals surface area contributed by atoms with Crippen molar-refractivity contribution in [2.45, 2.75) is 19.3 Å². The van der Waals surface area contributed by atoms with E-state index in [0.717, 1.165) is 0 Å². The van der Waals surface area contributed by atoms with Gasteiger partial charge in [0, 0.05) is 24.5 Å². The topological polar surface area (TPSA) is 95.9 Å². The molecule has 1 heterocycles. The van der Waals surface area contributed by atoms with Gasteiger partial charge in [0.1, 0.15) is 5.75 Å². The van der Waals surface area contributed by atoms with Crippen molar-refractivity contribution in [1.29, 1.82) is 0 Å². The average Bonchev–Trinajstić information content (AvgIpc) is 3.28. The number of benzene rings is 1. The van der Waals surface area contributed by atoms with Crippen molar-refractivity contribution in [3.8, 4) is 5.75 Å². The first-order valence-electron chi connectivity index (χ1n) is 8.01. The summed E-state index contributed by atoms with van der Waals surface area (Å²) in [6.07, 6.45) is 1.21. The Morgan fingerprint density at radius 3 is 2.76 bits per heavy atom. The van der Waals surface area contributed by atoms with Gasteiger partial charge in [-0.15, -0.1) is 0 Å². The molecule has 2 amide bonds. The molecular formula is C17H19ClN2O5. The van der Waals surface area contributed by atoms with Crippen LogP contribution in [-0.4, -0.2) is 43.1 Å².